The Morgan fingerprint density at radius 3 is 2.22 bits per heavy atom. The Hall–Kier alpha value is -3.02. The van der Waals surface area contributed by atoms with Crippen molar-refractivity contribution >= 4 is 17.6 Å². The minimum absolute atomic E-state index is 0.0935. The van der Waals surface area contributed by atoms with Gasteiger partial charge in [-0.25, -0.2) is 4.79 Å². The third-order valence-electron chi connectivity index (χ3n) is 3.89. The zero-order valence-corrected chi connectivity index (χ0v) is 16.0. The molecule has 0 heterocycles. The van der Waals surface area contributed by atoms with Crippen molar-refractivity contribution in [3.63, 3.8) is 0 Å². The average Bonchev–Trinajstić information content (AvgIpc) is 2.63. The molecule has 0 fully saturated rings. The molecule has 0 aliphatic heterocycles. The van der Waals surface area contributed by atoms with Crippen LogP contribution in [0, 0.1) is 0 Å². The summed E-state index contributed by atoms with van der Waals surface area (Å²) in [5, 5.41) is 2.64. The lowest BCUT2D eigenvalue weighted by Gasteiger charge is -2.19. The van der Waals surface area contributed by atoms with Crippen LogP contribution in [0.4, 0.5) is 5.69 Å². The molecule has 0 atom stereocenters. The molecule has 2 aromatic carbocycles. The van der Waals surface area contributed by atoms with E-state index < -0.39 is 5.97 Å². The maximum Gasteiger partial charge on any atom is 0.338 e. The molecule has 0 saturated carbocycles. The number of amides is 1. The summed E-state index contributed by atoms with van der Waals surface area (Å²) in [7, 11) is 0. The molecule has 0 aromatic heterocycles. The predicted octanol–water partition coefficient (Wildman–Crippen LogP) is 2.92. The molecule has 2 rings (SSSR count). The number of hydrogen-bond donors (Lipinski definition) is 2. The van der Waals surface area contributed by atoms with E-state index in [0.717, 1.165) is 5.75 Å². The summed E-state index contributed by atoms with van der Waals surface area (Å²) >= 11 is 0. The first-order valence-electron chi connectivity index (χ1n) is 8.78. The number of rotatable bonds is 7. The quantitative estimate of drug-likeness (QED) is 0.444. The van der Waals surface area contributed by atoms with Crippen LogP contribution < -0.4 is 15.8 Å². The van der Waals surface area contributed by atoms with Gasteiger partial charge in [-0.05, 0) is 47.4 Å². The third-order valence-corrected chi connectivity index (χ3v) is 3.89. The van der Waals surface area contributed by atoms with Gasteiger partial charge < -0.3 is 20.5 Å². The summed E-state index contributed by atoms with van der Waals surface area (Å²) in [5.41, 5.74) is 7.78. The smallest absolute Gasteiger partial charge is 0.338 e. The van der Waals surface area contributed by atoms with Gasteiger partial charge in [0.15, 0.2) is 6.61 Å². The normalized spacial score (nSPS) is 10.9. The van der Waals surface area contributed by atoms with Crippen molar-refractivity contribution in [1.29, 1.82) is 0 Å². The van der Waals surface area contributed by atoms with Crippen molar-refractivity contribution in [2.24, 2.45) is 0 Å². The standard InChI is InChI=1S/C21H26N2O4/c1-21(2,3)16-6-10-18(11-7-16)26-13-12-23-19(24)14-27-20(25)15-4-8-17(22)9-5-15/h4-11H,12-14,22H2,1-3H3,(H,23,24). The molecule has 27 heavy (non-hydrogen) atoms. The number of carbonyl (C=O) groups is 2. The van der Waals surface area contributed by atoms with Crippen LogP contribution in [0.5, 0.6) is 5.75 Å². The molecular weight excluding hydrogens is 344 g/mol. The predicted molar refractivity (Wildman–Crippen MR) is 105 cm³/mol. The number of esters is 1. The van der Waals surface area contributed by atoms with Crippen LogP contribution in [-0.2, 0) is 14.9 Å². The number of anilines is 1. The van der Waals surface area contributed by atoms with Gasteiger partial charge in [-0.2, -0.15) is 0 Å². The highest BCUT2D eigenvalue weighted by Gasteiger charge is 2.13. The van der Waals surface area contributed by atoms with E-state index in [1.807, 2.05) is 24.3 Å². The van der Waals surface area contributed by atoms with Crippen LogP contribution >= 0.6 is 0 Å². The molecule has 0 bridgehead atoms. The van der Waals surface area contributed by atoms with Gasteiger partial charge in [-0.3, -0.25) is 4.79 Å². The summed E-state index contributed by atoms with van der Waals surface area (Å²) in [6.45, 7) is 6.75. The highest BCUT2D eigenvalue weighted by atomic mass is 16.5. The molecule has 0 aliphatic rings. The fourth-order valence-corrected chi connectivity index (χ4v) is 2.30. The lowest BCUT2D eigenvalue weighted by Crippen LogP contribution is -2.32. The van der Waals surface area contributed by atoms with Gasteiger partial charge in [0.05, 0.1) is 12.1 Å². The van der Waals surface area contributed by atoms with Crippen LogP contribution in [0.2, 0.25) is 0 Å². The Kier molecular flexibility index (Phi) is 6.82. The van der Waals surface area contributed by atoms with E-state index in [1.54, 1.807) is 24.3 Å². The molecule has 6 nitrogen and oxygen atoms in total. The van der Waals surface area contributed by atoms with Crippen LogP contribution in [-0.4, -0.2) is 31.6 Å². The topological polar surface area (TPSA) is 90.6 Å². The zero-order valence-electron chi connectivity index (χ0n) is 16.0. The monoisotopic (exact) mass is 370 g/mol. The van der Waals surface area contributed by atoms with Crippen molar-refractivity contribution in [2.75, 3.05) is 25.5 Å². The Morgan fingerprint density at radius 2 is 1.63 bits per heavy atom. The zero-order chi connectivity index (χ0) is 19.9. The van der Waals surface area contributed by atoms with E-state index in [2.05, 4.69) is 26.1 Å². The molecule has 0 spiro atoms. The van der Waals surface area contributed by atoms with Crippen molar-refractivity contribution in [3.8, 4) is 5.75 Å². The summed E-state index contributed by atoms with van der Waals surface area (Å²) in [6, 6.07) is 14.2. The van der Waals surface area contributed by atoms with Gasteiger partial charge in [0, 0.05) is 5.69 Å². The number of nitrogen functional groups attached to an aromatic ring is 1. The third kappa shape index (κ3) is 6.66. The molecular formula is C21H26N2O4. The van der Waals surface area contributed by atoms with Crippen LogP contribution in [0.3, 0.4) is 0 Å². The van der Waals surface area contributed by atoms with Crippen LogP contribution in [0.15, 0.2) is 48.5 Å². The molecule has 0 unspecified atom stereocenters. The van der Waals surface area contributed by atoms with Gasteiger partial charge in [0.1, 0.15) is 12.4 Å². The highest BCUT2D eigenvalue weighted by Crippen LogP contribution is 2.24. The Labute approximate surface area is 159 Å². The first-order valence-corrected chi connectivity index (χ1v) is 8.78. The van der Waals surface area contributed by atoms with E-state index >= 15 is 0 Å². The molecule has 1 amide bonds. The fourth-order valence-electron chi connectivity index (χ4n) is 2.30. The molecule has 144 valence electrons. The minimum atomic E-state index is -0.569. The average molecular weight is 370 g/mol. The summed E-state index contributed by atoms with van der Waals surface area (Å²) in [5.74, 6) is -0.210. The molecule has 3 N–H and O–H groups in total. The maximum atomic E-state index is 11.8. The van der Waals surface area contributed by atoms with Gasteiger partial charge in [-0.15, -0.1) is 0 Å². The van der Waals surface area contributed by atoms with E-state index in [-0.39, 0.29) is 17.9 Å². The SMILES string of the molecule is CC(C)(C)c1ccc(OCCNC(=O)COC(=O)c2ccc(N)cc2)cc1. The van der Waals surface area contributed by atoms with Crippen molar-refractivity contribution in [2.45, 2.75) is 26.2 Å². The number of benzene rings is 2. The molecule has 0 aliphatic carbocycles. The number of nitrogens with two attached hydrogens (primary N) is 1. The Balaban J connectivity index is 1.66. The first-order chi connectivity index (χ1) is 12.8. The second-order valence-electron chi connectivity index (χ2n) is 7.17. The van der Waals surface area contributed by atoms with Crippen molar-refractivity contribution in [3.05, 3.63) is 59.7 Å². The summed E-state index contributed by atoms with van der Waals surface area (Å²) < 4.78 is 10.6. The first kappa shape index (κ1) is 20.3. The van der Waals surface area contributed by atoms with Crippen LogP contribution in [0.1, 0.15) is 36.7 Å². The second-order valence-corrected chi connectivity index (χ2v) is 7.17. The lowest BCUT2D eigenvalue weighted by atomic mass is 9.87. The van der Waals surface area contributed by atoms with Crippen molar-refractivity contribution in [1.82, 2.24) is 5.32 Å². The fraction of sp³-hybridized carbons (Fsp3) is 0.333. The molecule has 6 heteroatoms. The lowest BCUT2D eigenvalue weighted by molar-refractivity contribution is -0.124. The van der Waals surface area contributed by atoms with E-state index in [1.165, 1.54) is 5.56 Å². The number of hydrogen-bond acceptors (Lipinski definition) is 5. The second kappa shape index (κ2) is 9.07. The Bertz CT molecular complexity index is 762. The van der Waals surface area contributed by atoms with Crippen molar-refractivity contribution < 1.29 is 19.1 Å². The number of carbonyl (C=O) groups excluding carboxylic acids is 2. The molecule has 0 radical (unpaired) electrons. The minimum Gasteiger partial charge on any atom is -0.492 e. The van der Waals surface area contributed by atoms with Gasteiger partial charge >= 0.3 is 5.97 Å². The van der Waals surface area contributed by atoms with E-state index in [9.17, 15) is 9.59 Å². The van der Waals surface area contributed by atoms with Gasteiger partial charge in [0.2, 0.25) is 0 Å². The molecule has 2 aromatic rings. The summed E-state index contributed by atoms with van der Waals surface area (Å²) in [6.07, 6.45) is 0. The largest absolute Gasteiger partial charge is 0.492 e. The van der Waals surface area contributed by atoms with Gasteiger partial charge in [-0.1, -0.05) is 32.9 Å². The number of nitrogens with one attached hydrogen (secondary N) is 1. The highest BCUT2D eigenvalue weighted by molar-refractivity contribution is 5.91. The maximum absolute atomic E-state index is 11.8. The summed E-state index contributed by atoms with van der Waals surface area (Å²) in [4.78, 5) is 23.5. The number of ether oxygens (including phenoxy) is 2. The van der Waals surface area contributed by atoms with E-state index in [0.29, 0.717) is 24.4 Å². The van der Waals surface area contributed by atoms with Gasteiger partial charge in [0.25, 0.3) is 5.91 Å². The molecule has 0 saturated heterocycles. The Morgan fingerprint density at radius 1 is 1.00 bits per heavy atom. The van der Waals surface area contributed by atoms with Crippen LogP contribution in [0.25, 0.3) is 0 Å². The van der Waals surface area contributed by atoms with E-state index in [4.69, 9.17) is 15.2 Å².